The number of amidine groups is 1. The van der Waals surface area contributed by atoms with Crippen LogP contribution < -0.4 is 10.5 Å². The van der Waals surface area contributed by atoms with Gasteiger partial charge < -0.3 is 15.7 Å². The Morgan fingerprint density at radius 2 is 2.05 bits per heavy atom. The highest BCUT2D eigenvalue weighted by atomic mass is 35.5. The SMILES string of the molecule is CC(Oc1cccc2ncccc12)/C(N)=N\O.Cl.Cl. The van der Waals surface area contributed by atoms with Crippen molar-refractivity contribution in [1.82, 2.24) is 4.98 Å². The molecule has 0 aliphatic carbocycles. The monoisotopic (exact) mass is 303 g/mol. The van der Waals surface area contributed by atoms with Crippen LogP contribution in [-0.2, 0) is 0 Å². The fourth-order valence-electron chi connectivity index (χ4n) is 1.51. The zero-order valence-corrected chi connectivity index (χ0v) is 11.8. The summed E-state index contributed by atoms with van der Waals surface area (Å²) in [5, 5.41) is 12.4. The van der Waals surface area contributed by atoms with Gasteiger partial charge in [-0.2, -0.15) is 0 Å². The fourth-order valence-corrected chi connectivity index (χ4v) is 1.51. The molecule has 5 nitrogen and oxygen atoms in total. The molecule has 1 atom stereocenters. The smallest absolute Gasteiger partial charge is 0.180 e. The average Bonchev–Trinajstić information content (AvgIpc) is 2.38. The van der Waals surface area contributed by atoms with Crippen molar-refractivity contribution in [2.45, 2.75) is 13.0 Å². The molecule has 1 aromatic heterocycles. The lowest BCUT2D eigenvalue weighted by Crippen LogP contribution is -2.31. The molecule has 0 aliphatic heterocycles. The molecule has 104 valence electrons. The first-order valence-corrected chi connectivity index (χ1v) is 5.20. The third-order valence-electron chi connectivity index (χ3n) is 2.44. The number of hydrogen-bond donors (Lipinski definition) is 2. The zero-order chi connectivity index (χ0) is 12.3. The summed E-state index contributed by atoms with van der Waals surface area (Å²) in [6.45, 7) is 1.71. The Labute approximate surface area is 123 Å². The Morgan fingerprint density at radius 3 is 2.74 bits per heavy atom. The molecule has 7 heteroatoms. The van der Waals surface area contributed by atoms with Gasteiger partial charge in [0.05, 0.1) is 5.52 Å². The highest BCUT2D eigenvalue weighted by Gasteiger charge is 2.11. The molecule has 0 radical (unpaired) electrons. The number of hydrogen-bond acceptors (Lipinski definition) is 4. The van der Waals surface area contributed by atoms with Crippen LogP contribution in [0.5, 0.6) is 5.75 Å². The predicted molar refractivity (Wildman–Crippen MR) is 79.7 cm³/mol. The second kappa shape index (κ2) is 7.66. The summed E-state index contributed by atoms with van der Waals surface area (Å²) in [7, 11) is 0. The van der Waals surface area contributed by atoms with E-state index in [0.29, 0.717) is 5.75 Å². The van der Waals surface area contributed by atoms with Crippen LogP contribution in [0.25, 0.3) is 10.9 Å². The van der Waals surface area contributed by atoms with Crippen LogP contribution in [0, 0.1) is 0 Å². The van der Waals surface area contributed by atoms with Gasteiger partial charge in [-0.1, -0.05) is 11.2 Å². The molecule has 0 fully saturated rings. The van der Waals surface area contributed by atoms with Crippen molar-refractivity contribution >= 4 is 41.6 Å². The lowest BCUT2D eigenvalue weighted by molar-refractivity contribution is 0.268. The van der Waals surface area contributed by atoms with Gasteiger partial charge >= 0.3 is 0 Å². The van der Waals surface area contributed by atoms with Crippen molar-refractivity contribution in [2.24, 2.45) is 10.9 Å². The molecular formula is C12H15Cl2N3O2. The Balaban J connectivity index is 0.00000162. The number of halogens is 2. The highest BCUT2D eigenvalue weighted by Crippen LogP contribution is 2.24. The topological polar surface area (TPSA) is 80.7 Å². The fraction of sp³-hybridized carbons (Fsp3) is 0.167. The number of oxime groups is 1. The van der Waals surface area contributed by atoms with Crippen molar-refractivity contribution in [3.63, 3.8) is 0 Å². The van der Waals surface area contributed by atoms with E-state index < -0.39 is 6.10 Å². The molecule has 0 amide bonds. The summed E-state index contributed by atoms with van der Waals surface area (Å²) in [6, 6.07) is 9.32. The standard InChI is InChI=1S/C12H13N3O2.2ClH/c1-8(12(13)15-16)17-11-6-2-5-10-9(11)4-3-7-14-10;;/h2-8,16H,1H3,(H2,13,15);2*1H. The van der Waals surface area contributed by atoms with Gasteiger partial charge in [-0.05, 0) is 31.2 Å². The molecule has 2 rings (SSSR count). The third kappa shape index (κ3) is 3.87. The normalized spacial score (nSPS) is 12.2. The second-order valence-electron chi connectivity index (χ2n) is 3.61. The van der Waals surface area contributed by atoms with Gasteiger partial charge in [-0.3, -0.25) is 4.98 Å². The Hall–Kier alpha value is -1.72. The van der Waals surface area contributed by atoms with Crippen LogP contribution in [-0.4, -0.2) is 22.1 Å². The lowest BCUT2D eigenvalue weighted by atomic mass is 10.2. The first-order chi connectivity index (χ1) is 8.22. The van der Waals surface area contributed by atoms with Crippen LogP contribution in [0.2, 0.25) is 0 Å². The van der Waals surface area contributed by atoms with Crippen molar-refractivity contribution in [1.29, 1.82) is 0 Å². The molecule has 3 N–H and O–H groups in total. The summed E-state index contributed by atoms with van der Waals surface area (Å²) in [5.74, 6) is 0.695. The molecule has 0 aliphatic rings. The van der Waals surface area contributed by atoms with Gasteiger partial charge in [0, 0.05) is 11.6 Å². The molecule has 0 saturated heterocycles. The molecule has 2 aromatic rings. The minimum atomic E-state index is -0.495. The highest BCUT2D eigenvalue weighted by molar-refractivity contribution is 5.87. The van der Waals surface area contributed by atoms with E-state index >= 15 is 0 Å². The summed E-state index contributed by atoms with van der Waals surface area (Å²) in [4.78, 5) is 4.22. The van der Waals surface area contributed by atoms with Crippen LogP contribution in [0.15, 0.2) is 41.7 Å². The molecule has 19 heavy (non-hydrogen) atoms. The maximum atomic E-state index is 8.57. The van der Waals surface area contributed by atoms with Gasteiger partial charge in [-0.15, -0.1) is 24.8 Å². The van der Waals surface area contributed by atoms with Gasteiger partial charge in [0.1, 0.15) is 5.75 Å². The Kier molecular flexibility index (Phi) is 6.96. The number of fused-ring (bicyclic) bond motifs is 1. The quantitative estimate of drug-likeness (QED) is 0.395. The third-order valence-corrected chi connectivity index (χ3v) is 2.44. The zero-order valence-electron chi connectivity index (χ0n) is 10.2. The molecular weight excluding hydrogens is 289 g/mol. The summed E-state index contributed by atoms with van der Waals surface area (Å²) < 4.78 is 5.62. The number of ether oxygens (including phenoxy) is 1. The van der Waals surface area contributed by atoms with Crippen LogP contribution in [0.1, 0.15) is 6.92 Å². The minimum Gasteiger partial charge on any atom is -0.482 e. The van der Waals surface area contributed by atoms with E-state index in [-0.39, 0.29) is 30.6 Å². The van der Waals surface area contributed by atoms with E-state index in [1.165, 1.54) is 0 Å². The molecule has 1 unspecified atom stereocenters. The second-order valence-corrected chi connectivity index (χ2v) is 3.61. The van der Waals surface area contributed by atoms with E-state index in [1.807, 2.05) is 30.3 Å². The lowest BCUT2D eigenvalue weighted by Gasteiger charge is -2.14. The summed E-state index contributed by atoms with van der Waals surface area (Å²) in [5.41, 5.74) is 6.31. The number of benzene rings is 1. The molecule has 1 heterocycles. The van der Waals surface area contributed by atoms with Gasteiger partial charge in [0.15, 0.2) is 11.9 Å². The van der Waals surface area contributed by atoms with Gasteiger partial charge in [-0.25, -0.2) is 0 Å². The number of pyridine rings is 1. The van der Waals surface area contributed by atoms with E-state index in [4.69, 9.17) is 15.7 Å². The van der Waals surface area contributed by atoms with Crippen molar-refractivity contribution in [3.05, 3.63) is 36.5 Å². The minimum absolute atomic E-state index is 0. The van der Waals surface area contributed by atoms with E-state index in [1.54, 1.807) is 13.1 Å². The number of nitrogens with two attached hydrogens (primary N) is 1. The molecule has 0 spiro atoms. The Bertz CT molecular complexity index is 558. The number of aromatic nitrogens is 1. The first-order valence-electron chi connectivity index (χ1n) is 5.20. The average molecular weight is 304 g/mol. The summed E-state index contributed by atoms with van der Waals surface area (Å²) in [6.07, 6.45) is 1.23. The van der Waals surface area contributed by atoms with E-state index in [9.17, 15) is 0 Å². The van der Waals surface area contributed by atoms with E-state index in [0.717, 1.165) is 10.9 Å². The van der Waals surface area contributed by atoms with Crippen LogP contribution >= 0.6 is 24.8 Å². The van der Waals surface area contributed by atoms with Crippen molar-refractivity contribution < 1.29 is 9.94 Å². The molecule has 0 saturated carbocycles. The Morgan fingerprint density at radius 1 is 1.32 bits per heavy atom. The largest absolute Gasteiger partial charge is 0.482 e. The maximum Gasteiger partial charge on any atom is 0.180 e. The van der Waals surface area contributed by atoms with Crippen molar-refractivity contribution in [3.8, 4) is 5.75 Å². The van der Waals surface area contributed by atoms with Crippen LogP contribution in [0.4, 0.5) is 0 Å². The van der Waals surface area contributed by atoms with Crippen molar-refractivity contribution in [2.75, 3.05) is 0 Å². The predicted octanol–water partition coefficient (Wildman–Crippen LogP) is 2.59. The van der Waals surface area contributed by atoms with E-state index in [2.05, 4.69) is 10.1 Å². The van der Waals surface area contributed by atoms with Crippen LogP contribution in [0.3, 0.4) is 0 Å². The van der Waals surface area contributed by atoms with Gasteiger partial charge in [0.25, 0.3) is 0 Å². The number of nitrogens with zero attached hydrogens (tertiary/aromatic N) is 2. The molecule has 1 aromatic carbocycles. The first kappa shape index (κ1) is 17.3. The van der Waals surface area contributed by atoms with Gasteiger partial charge in [0.2, 0.25) is 0 Å². The summed E-state index contributed by atoms with van der Waals surface area (Å²) >= 11 is 0. The number of rotatable bonds is 3. The molecule has 0 bridgehead atoms. The maximum absolute atomic E-state index is 8.57.